The summed E-state index contributed by atoms with van der Waals surface area (Å²) in [6.45, 7) is 0. The minimum absolute atomic E-state index is 0.0116. The molecular formula is C16H13N3OS. The van der Waals surface area contributed by atoms with Gasteiger partial charge in [0.15, 0.2) is 5.78 Å². The number of hydrogen-bond donors (Lipinski definition) is 1. The van der Waals surface area contributed by atoms with Crippen molar-refractivity contribution in [3.8, 4) is 0 Å². The van der Waals surface area contributed by atoms with Gasteiger partial charge in [0, 0.05) is 24.2 Å². The van der Waals surface area contributed by atoms with Gasteiger partial charge in [0.1, 0.15) is 11.6 Å². The molecule has 0 aromatic carbocycles. The van der Waals surface area contributed by atoms with E-state index in [1.807, 2.05) is 34.4 Å². The molecule has 1 unspecified atom stereocenters. The van der Waals surface area contributed by atoms with Gasteiger partial charge in [0.2, 0.25) is 0 Å². The standard InChI is InChI=1S/C16H13N3OS/c20-13(14-6-3-9-21-14)10-15-18-12-5-2-1-4-11(12)16-17-7-8-19(15)16/h1-3,5-11,18H,4H2. The number of rotatable bonds is 2. The molecule has 4 nitrogen and oxygen atoms in total. The van der Waals surface area contributed by atoms with Gasteiger partial charge in [-0.1, -0.05) is 18.2 Å². The van der Waals surface area contributed by atoms with E-state index in [1.165, 1.54) is 11.3 Å². The van der Waals surface area contributed by atoms with Gasteiger partial charge in [-0.2, -0.15) is 0 Å². The van der Waals surface area contributed by atoms with Crippen LogP contribution < -0.4 is 5.32 Å². The van der Waals surface area contributed by atoms with Crippen molar-refractivity contribution in [1.82, 2.24) is 14.9 Å². The maximum Gasteiger partial charge on any atom is 0.199 e. The summed E-state index contributed by atoms with van der Waals surface area (Å²) in [5.41, 5.74) is 1.10. The van der Waals surface area contributed by atoms with E-state index in [0.29, 0.717) is 0 Å². The van der Waals surface area contributed by atoms with E-state index >= 15 is 0 Å². The smallest absolute Gasteiger partial charge is 0.199 e. The Morgan fingerprint density at radius 2 is 2.48 bits per heavy atom. The van der Waals surface area contributed by atoms with Gasteiger partial charge >= 0.3 is 0 Å². The maximum absolute atomic E-state index is 12.3. The number of thiophene rings is 1. The van der Waals surface area contributed by atoms with Crippen LogP contribution in [0.3, 0.4) is 0 Å². The highest BCUT2D eigenvalue weighted by Crippen LogP contribution is 2.34. The zero-order valence-electron chi connectivity index (χ0n) is 11.2. The number of carbonyl (C=O) groups excluding carboxylic acids is 1. The highest BCUT2D eigenvalue weighted by Gasteiger charge is 2.28. The van der Waals surface area contributed by atoms with Crippen molar-refractivity contribution in [3.63, 3.8) is 0 Å². The van der Waals surface area contributed by atoms with Crippen LogP contribution in [-0.4, -0.2) is 15.3 Å². The number of nitrogens with zero attached hydrogens (tertiary/aromatic N) is 2. The van der Waals surface area contributed by atoms with Crippen LogP contribution in [0.1, 0.15) is 27.8 Å². The van der Waals surface area contributed by atoms with Gasteiger partial charge in [0.05, 0.1) is 10.8 Å². The lowest BCUT2D eigenvalue weighted by molar-refractivity contribution is 0.105. The molecule has 0 amide bonds. The second kappa shape index (κ2) is 4.86. The minimum Gasteiger partial charge on any atom is -0.344 e. The van der Waals surface area contributed by atoms with Gasteiger partial charge < -0.3 is 5.32 Å². The van der Waals surface area contributed by atoms with E-state index in [4.69, 9.17) is 0 Å². The monoisotopic (exact) mass is 295 g/mol. The molecule has 21 heavy (non-hydrogen) atoms. The molecule has 3 heterocycles. The average Bonchev–Trinajstić information content (AvgIpc) is 3.19. The first kappa shape index (κ1) is 12.3. The molecular weight excluding hydrogens is 282 g/mol. The molecule has 0 radical (unpaired) electrons. The fourth-order valence-electron chi connectivity index (χ4n) is 2.71. The third-order valence-electron chi connectivity index (χ3n) is 3.70. The Hall–Kier alpha value is -2.40. The molecule has 0 bridgehead atoms. The van der Waals surface area contributed by atoms with Crippen LogP contribution in [0.2, 0.25) is 0 Å². The SMILES string of the molecule is O=C(C=C1NC2=CC=CCC2c2nccn21)c1cccs1. The molecule has 1 aliphatic carbocycles. The maximum atomic E-state index is 12.3. The number of aromatic nitrogens is 2. The Labute approximate surface area is 126 Å². The number of fused-ring (bicyclic) bond motifs is 3. The van der Waals surface area contributed by atoms with E-state index in [-0.39, 0.29) is 11.7 Å². The fraction of sp³-hybridized carbons (Fsp3) is 0.125. The van der Waals surface area contributed by atoms with Crippen molar-refractivity contribution >= 4 is 22.9 Å². The topological polar surface area (TPSA) is 46.9 Å². The zero-order valence-corrected chi connectivity index (χ0v) is 12.0. The van der Waals surface area contributed by atoms with Crippen LogP contribution >= 0.6 is 11.3 Å². The van der Waals surface area contributed by atoms with Crippen LogP contribution in [0, 0.1) is 0 Å². The first-order valence-corrected chi connectivity index (χ1v) is 7.68. The van der Waals surface area contributed by atoms with Crippen molar-refractivity contribution in [2.75, 3.05) is 0 Å². The van der Waals surface area contributed by atoms with Crippen molar-refractivity contribution in [1.29, 1.82) is 0 Å². The quantitative estimate of drug-likeness (QED) is 0.684. The van der Waals surface area contributed by atoms with Crippen LogP contribution in [0.4, 0.5) is 0 Å². The summed E-state index contributed by atoms with van der Waals surface area (Å²) in [5.74, 6) is 2.00. The molecule has 2 aromatic heterocycles. The summed E-state index contributed by atoms with van der Waals surface area (Å²) in [6.07, 6.45) is 12.5. The van der Waals surface area contributed by atoms with Gasteiger partial charge in [-0.3, -0.25) is 9.36 Å². The molecule has 2 aliphatic rings. The lowest BCUT2D eigenvalue weighted by Gasteiger charge is -2.30. The molecule has 0 saturated heterocycles. The molecule has 0 spiro atoms. The molecule has 0 fully saturated rings. The number of imidazole rings is 1. The van der Waals surface area contributed by atoms with Gasteiger partial charge in [-0.15, -0.1) is 11.3 Å². The average molecular weight is 295 g/mol. The van der Waals surface area contributed by atoms with E-state index in [1.54, 1.807) is 12.3 Å². The van der Waals surface area contributed by atoms with Crippen LogP contribution in [0.15, 0.2) is 59.9 Å². The minimum atomic E-state index is 0.0116. The van der Waals surface area contributed by atoms with Gasteiger partial charge in [0.25, 0.3) is 0 Å². The van der Waals surface area contributed by atoms with Crippen LogP contribution in [0.5, 0.6) is 0 Å². The highest BCUT2D eigenvalue weighted by atomic mass is 32.1. The number of allylic oxidation sites excluding steroid dienone is 5. The zero-order chi connectivity index (χ0) is 14.2. The summed E-state index contributed by atoms with van der Waals surface area (Å²) >= 11 is 1.45. The summed E-state index contributed by atoms with van der Waals surface area (Å²) < 4.78 is 1.96. The molecule has 0 saturated carbocycles. The second-order valence-corrected chi connectivity index (χ2v) is 5.94. The van der Waals surface area contributed by atoms with Crippen LogP contribution in [-0.2, 0) is 0 Å². The largest absolute Gasteiger partial charge is 0.344 e. The number of carbonyl (C=O) groups is 1. The Balaban J connectivity index is 1.77. The van der Waals surface area contributed by atoms with Crippen LogP contribution in [0.25, 0.3) is 5.82 Å². The lowest BCUT2D eigenvalue weighted by atomic mass is 9.94. The summed E-state index contributed by atoms with van der Waals surface area (Å²) in [7, 11) is 0. The van der Waals surface area contributed by atoms with Crippen molar-refractivity contribution in [2.45, 2.75) is 12.3 Å². The molecule has 1 N–H and O–H groups in total. The van der Waals surface area contributed by atoms with E-state index in [9.17, 15) is 4.79 Å². The summed E-state index contributed by atoms with van der Waals surface area (Å²) in [5, 5.41) is 5.28. The number of nitrogens with one attached hydrogen (secondary N) is 1. The molecule has 4 rings (SSSR count). The number of hydrogen-bond acceptors (Lipinski definition) is 4. The third-order valence-corrected chi connectivity index (χ3v) is 4.59. The van der Waals surface area contributed by atoms with E-state index in [2.05, 4.69) is 22.5 Å². The highest BCUT2D eigenvalue weighted by molar-refractivity contribution is 7.12. The van der Waals surface area contributed by atoms with Gasteiger partial charge in [-0.05, 0) is 23.9 Å². The molecule has 1 aliphatic heterocycles. The molecule has 1 atom stereocenters. The van der Waals surface area contributed by atoms with Gasteiger partial charge in [-0.25, -0.2) is 4.98 Å². The first-order chi connectivity index (χ1) is 10.3. The van der Waals surface area contributed by atoms with E-state index < -0.39 is 0 Å². The Morgan fingerprint density at radius 1 is 1.52 bits per heavy atom. The third kappa shape index (κ3) is 2.06. The predicted molar refractivity (Wildman–Crippen MR) is 82.9 cm³/mol. The number of ketones is 1. The fourth-order valence-corrected chi connectivity index (χ4v) is 3.34. The first-order valence-electron chi connectivity index (χ1n) is 6.80. The Kier molecular flexibility index (Phi) is 2.86. The van der Waals surface area contributed by atoms with Crippen molar-refractivity contribution in [3.05, 3.63) is 70.6 Å². The van der Waals surface area contributed by atoms with Crippen molar-refractivity contribution < 1.29 is 4.79 Å². The van der Waals surface area contributed by atoms with Crippen molar-refractivity contribution in [2.24, 2.45) is 0 Å². The molecule has 5 heteroatoms. The summed E-state index contributed by atoms with van der Waals surface area (Å²) in [6, 6.07) is 3.73. The second-order valence-electron chi connectivity index (χ2n) is 4.99. The Bertz CT molecular complexity index is 780. The molecule has 104 valence electrons. The normalized spacial score (nSPS) is 21.4. The predicted octanol–water partition coefficient (Wildman–Crippen LogP) is 3.16. The molecule has 2 aromatic rings. The van der Waals surface area contributed by atoms with E-state index in [0.717, 1.165) is 28.6 Å². The summed E-state index contributed by atoms with van der Waals surface area (Å²) in [4.78, 5) is 17.5. The lowest BCUT2D eigenvalue weighted by Crippen LogP contribution is -2.30. The Morgan fingerprint density at radius 3 is 3.33 bits per heavy atom.